The van der Waals surface area contributed by atoms with Gasteiger partial charge in [-0.05, 0) is 31.7 Å². The summed E-state index contributed by atoms with van der Waals surface area (Å²) in [5.74, 6) is 0.983. The molecule has 0 aliphatic rings. The molecule has 0 heterocycles. The Kier molecular flexibility index (Phi) is 25.6. The van der Waals surface area contributed by atoms with Crippen molar-refractivity contribution in [1.29, 1.82) is 5.26 Å². The molecule has 33 heavy (non-hydrogen) atoms. The minimum Gasteiger partial charge on any atom is -0.302 e. The van der Waals surface area contributed by atoms with Gasteiger partial charge in [0.25, 0.3) is 0 Å². The van der Waals surface area contributed by atoms with Crippen molar-refractivity contribution >= 4 is 0 Å². The molecule has 0 amide bonds. The van der Waals surface area contributed by atoms with E-state index in [1.807, 2.05) is 0 Å². The molecule has 0 radical (unpaired) electrons. The van der Waals surface area contributed by atoms with Crippen molar-refractivity contribution in [3.63, 3.8) is 0 Å². The highest BCUT2D eigenvalue weighted by Crippen LogP contribution is 2.18. The Hall–Kier alpha value is -0.550. The summed E-state index contributed by atoms with van der Waals surface area (Å²) in [5, 5.41) is 9.78. The maximum absolute atomic E-state index is 9.78. The van der Waals surface area contributed by atoms with Crippen LogP contribution in [0.2, 0.25) is 0 Å². The molecular weight excluding hydrogens is 400 g/mol. The molecule has 2 nitrogen and oxygen atoms in total. The largest absolute Gasteiger partial charge is 0.302 e. The zero-order valence-electron chi connectivity index (χ0n) is 23.5. The van der Waals surface area contributed by atoms with E-state index in [1.165, 1.54) is 142 Å². The van der Waals surface area contributed by atoms with Crippen LogP contribution < -0.4 is 0 Å². The Balaban J connectivity index is 4.14. The lowest BCUT2D eigenvalue weighted by atomic mass is 9.98. The summed E-state index contributed by atoms with van der Waals surface area (Å²) < 4.78 is 0. The van der Waals surface area contributed by atoms with Crippen LogP contribution >= 0.6 is 0 Å². The molecule has 0 saturated carbocycles. The number of hydrogen-bond acceptors (Lipinski definition) is 2. The van der Waals surface area contributed by atoms with Crippen LogP contribution in [0.1, 0.15) is 163 Å². The molecule has 0 aromatic carbocycles. The number of unbranched alkanes of at least 4 members (excludes halogenated alkanes) is 16. The normalized spacial score (nSPS) is 13.3. The predicted molar refractivity (Wildman–Crippen MR) is 149 cm³/mol. The van der Waals surface area contributed by atoms with Gasteiger partial charge in [-0.25, -0.2) is 0 Å². The molecule has 196 valence electrons. The van der Waals surface area contributed by atoms with Crippen LogP contribution in [0, 0.1) is 23.2 Å². The monoisotopic (exact) mass is 462 g/mol. The van der Waals surface area contributed by atoms with Crippen LogP contribution in [0.15, 0.2) is 0 Å². The standard InChI is InChI=1S/C31H62N2/c1-5-8-11-13-15-17-19-21-24-30(4)28-33(26-23-10-7-3)29-31(27-32)25-22-20-18-16-14-12-9-6-2/h30-31H,5-26,28-29H2,1-4H3. The van der Waals surface area contributed by atoms with Crippen molar-refractivity contribution in [2.75, 3.05) is 19.6 Å². The van der Waals surface area contributed by atoms with Crippen molar-refractivity contribution < 1.29 is 0 Å². The highest BCUT2D eigenvalue weighted by molar-refractivity contribution is 4.85. The van der Waals surface area contributed by atoms with Crippen molar-refractivity contribution in [3.8, 4) is 6.07 Å². The van der Waals surface area contributed by atoms with Crippen LogP contribution in [0.25, 0.3) is 0 Å². The molecule has 2 atom stereocenters. The predicted octanol–water partition coefficient (Wildman–Crippen LogP) is 10.3. The second-order valence-corrected chi connectivity index (χ2v) is 10.9. The average Bonchev–Trinajstić information content (AvgIpc) is 2.81. The molecular formula is C31H62N2. The first-order valence-corrected chi connectivity index (χ1v) is 15.3. The maximum Gasteiger partial charge on any atom is 0.0669 e. The third-order valence-corrected chi connectivity index (χ3v) is 7.27. The lowest BCUT2D eigenvalue weighted by Crippen LogP contribution is -2.34. The van der Waals surface area contributed by atoms with Gasteiger partial charge in [0.05, 0.1) is 12.0 Å². The third-order valence-electron chi connectivity index (χ3n) is 7.27. The fourth-order valence-corrected chi connectivity index (χ4v) is 5.03. The van der Waals surface area contributed by atoms with E-state index in [0.717, 1.165) is 18.9 Å². The Morgan fingerprint density at radius 1 is 0.545 bits per heavy atom. The molecule has 0 N–H and O–H groups in total. The topological polar surface area (TPSA) is 27.0 Å². The highest BCUT2D eigenvalue weighted by atomic mass is 15.1. The van der Waals surface area contributed by atoms with E-state index < -0.39 is 0 Å². The van der Waals surface area contributed by atoms with E-state index in [0.29, 0.717) is 0 Å². The summed E-state index contributed by atoms with van der Waals surface area (Å²) in [7, 11) is 0. The maximum atomic E-state index is 9.78. The zero-order chi connectivity index (χ0) is 24.4. The molecule has 0 aliphatic heterocycles. The van der Waals surface area contributed by atoms with Gasteiger partial charge in [-0.2, -0.15) is 5.26 Å². The third kappa shape index (κ3) is 23.0. The zero-order valence-corrected chi connectivity index (χ0v) is 23.5. The fourth-order valence-electron chi connectivity index (χ4n) is 5.03. The molecule has 0 saturated heterocycles. The minimum atomic E-state index is 0.224. The minimum absolute atomic E-state index is 0.224. The first-order valence-electron chi connectivity index (χ1n) is 15.3. The second-order valence-electron chi connectivity index (χ2n) is 10.9. The Bertz CT molecular complexity index is 414. The summed E-state index contributed by atoms with van der Waals surface area (Å²) in [6.07, 6.45) is 28.4. The molecule has 2 unspecified atom stereocenters. The van der Waals surface area contributed by atoms with Crippen LogP contribution in [0.5, 0.6) is 0 Å². The van der Waals surface area contributed by atoms with Gasteiger partial charge in [-0.1, -0.05) is 143 Å². The summed E-state index contributed by atoms with van der Waals surface area (Å²) in [6, 6.07) is 2.65. The van der Waals surface area contributed by atoms with Crippen molar-refractivity contribution in [1.82, 2.24) is 4.90 Å². The average molecular weight is 463 g/mol. The molecule has 2 heteroatoms. The fraction of sp³-hybridized carbons (Fsp3) is 0.968. The van der Waals surface area contributed by atoms with Crippen LogP contribution in [0.3, 0.4) is 0 Å². The molecule has 0 aromatic rings. The van der Waals surface area contributed by atoms with Gasteiger partial charge < -0.3 is 4.90 Å². The van der Waals surface area contributed by atoms with Gasteiger partial charge in [0.1, 0.15) is 0 Å². The number of rotatable bonds is 26. The highest BCUT2D eigenvalue weighted by Gasteiger charge is 2.16. The van der Waals surface area contributed by atoms with E-state index in [-0.39, 0.29) is 5.92 Å². The Morgan fingerprint density at radius 2 is 0.970 bits per heavy atom. The first kappa shape index (κ1) is 32.5. The van der Waals surface area contributed by atoms with Gasteiger partial charge in [0, 0.05) is 13.1 Å². The summed E-state index contributed by atoms with van der Waals surface area (Å²) in [5.41, 5.74) is 0. The van der Waals surface area contributed by atoms with Crippen molar-refractivity contribution in [2.24, 2.45) is 11.8 Å². The Morgan fingerprint density at radius 3 is 1.45 bits per heavy atom. The number of nitrogens with zero attached hydrogens (tertiary/aromatic N) is 2. The van der Waals surface area contributed by atoms with Crippen molar-refractivity contribution in [3.05, 3.63) is 0 Å². The first-order chi connectivity index (χ1) is 16.2. The van der Waals surface area contributed by atoms with Gasteiger partial charge in [-0.3, -0.25) is 0 Å². The van der Waals surface area contributed by atoms with Gasteiger partial charge in [0.2, 0.25) is 0 Å². The SMILES string of the molecule is CCCCCCCCCCC(C)CN(CCCCC)CC(C#N)CCCCCCCCCC. The molecule has 0 rings (SSSR count). The number of nitriles is 1. The molecule has 0 spiro atoms. The van der Waals surface area contributed by atoms with Gasteiger partial charge in [0.15, 0.2) is 0 Å². The Labute approximate surface area is 210 Å². The molecule has 0 aliphatic carbocycles. The van der Waals surface area contributed by atoms with E-state index in [9.17, 15) is 5.26 Å². The van der Waals surface area contributed by atoms with Gasteiger partial charge >= 0.3 is 0 Å². The van der Waals surface area contributed by atoms with Crippen LogP contribution in [0.4, 0.5) is 0 Å². The second kappa shape index (κ2) is 26.1. The smallest absolute Gasteiger partial charge is 0.0669 e. The molecule has 0 aromatic heterocycles. The molecule has 0 fully saturated rings. The quantitative estimate of drug-likeness (QED) is 0.119. The van der Waals surface area contributed by atoms with E-state index in [1.54, 1.807) is 0 Å². The summed E-state index contributed by atoms with van der Waals surface area (Å²) >= 11 is 0. The van der Waals surface area contributed by atoms with Crippen LogP contribution in [-0.4, -0.2) is 24.5 Å². The van der Waals surface area contributed by atoms with Crippen molar-refractivity contribution in [2.45, 2.75) is 163 Å². The van der Waals surface area contributed by atoms with E-state index >= 15 is 0 Å². The summed E-state index contributed by atoms with van der Waals surface area (Å²) in [6.45, 7) is 12.7. The van der Waals surface area contributed by atoms with Gasteiger partial charge in [-0.15, -0.1) is 0 Å². The lowest BCUT2D eigenvalue weighted by molar-refractivity contribution is 0.204. The lowest BCUT2D eigenvalue weighted by Gasteiger charge is -2.27. The van der Waals surface area contributed by atoms with Crippen LogP contribution in [-0.2, 0) is 0 Å². The summed E-state index contributed by atoms with van der Waals surface area (Å²) in [4.78, 5) is 2.64. The van der Waals surface area contributed by atoms with E-state index in [2.05, 4.69) is 38.7 Å². The number of hydrogen-bond donors (Lipinski definition) is 0. The van der Waals surface area contributed by atoms with E-state index in [4.69, 9.17) is 0 Å². The molecule has 0 bridgehead atoms.